The molecule has 0 aliphatic heterocycles. The van der Waals surface area contributed by atoms with E-state index in [9.17, 15) is 0 Å². The molecule has 1 aromatic heterocycles. The second-order valence-corrected chi connectivity index (χ2v) is 2.13. The van der Waals surface area contributed by atoms with E-state index in [0.717, 1.165) is 13.1 Å². The summed E-state index contributed by atoms with van der Waals surface area (Å²) >= 11 is 0. The number of aromatic nitrogens is 3. The van der Waals surface area contributed by atoms with Crippen molar-refractivity contribution in [2.45, 2.75) is 6.54 Å². The third kappa shape index (κ3) is 3.10. The fourth-order valence-electron chi connectivity index (χ4n) is 0.746. The molecule has 1 heterocycles. The van der Waals surface area contributed by atoms with Crippen LogP contribution in [0.5, 0.6) is 0 Å². The van der Waals surface area contributed by atoms with E-state index in [-0.39, 0.29) is 6.61 Å². The molecule has 0 fully saturated rings. The summed E-state index contributed by atoms with van der Waals surface area (Å²) in [7, 11) is 0. The van der Waals surface area contributed by atoms with Crippen LogP contribution < -0.4 is 5.32 Å². The summed E-state index contributed by atoms with van der Waals surface area (Å²) in [5, 5.41) is 15.4. The third-order valence-electron chi connectivity index (χ3n) is 1.27. The Kier molecular flexibility index (Phi) is 3.57. The molecule has 5 heteroatoms. The zero-order chi connectivity index (χ0) is 7.94. The van der Waals surface area contributed by atoms with Crippen molar-refractivity contribution in [3.8, 4) is 0 Å². The quantitative estimate of drug-likeness (QED) is 0.529. The monoisotopic (exact) mass is 156 g/mol. The van der Waals surface area contributed by atoms with E-state index in [1.54, 1.807) is 11.0 Å². The molecule has 1 rings (SSSR count). The molecule has 0 amide bonds. The highest BCUT2D eigenvalue weighted by atomic mass is 16.3. The number of hydrogen-bond acceptors (Lipinski definition) is 4. The van der Waals surface area contributed by atoms with Gasteiger partial charge < -0.3 is 10.4 Å². The maximum Gasteiger partial charge on any atom is 0.137 e. The van der Waals surface area contributed by atoms with Crippen LogP contribution in [0.1, 0.15) is 0 Å². The van der Waals surface area contributed by atoms with Gasteiger partial charge in [-0.3, -0.25) is 4.68 Å². The van der Waals surface area contributed by atoms with Gasteiger partial charge >= 0.3 is 0 Å². The predicted molar refractivity (Wildman–Crippen MR) is 40.0 cm³/mol. The van der Waals surface area contributed by atoms with E-state index in [2.05, 4.69) is 15.4 Å². The van der Waals surface area contributed by atoms with Crippen molar-refractivity contribution in [1.82, 2.24) is 20.1 Å². The molecule has 11 heavy (non-hydrogen) atoms. The lowest BCUT2D eigenvalue weighted by Gasteiger charge is -2.00. The molecule has 0 bridgehead atoms. The van der Waals surface area contributed by atoms with E-state index in [4.69, 9.17) is 5.11 Å². The van der Waals surface area contributed by atoms with Gasteiger partial charge in [0.2, 0.25) is 0 Å². The lowest BCUT2D eigenvalue weighted by Crippen LogP contribution is -2.23. The second kappa shape index (κ2) is 4.81. The summed E-state index contributed by atoms with van der Waals surface area (Å²) < 4.78 is 1.74. The fraction of sp³-hybridized carbons (Fsp3) is 0.667. The summed E-state index contributed by atoms with van der Waals surface area (Å²) in [4.78, 5) is 3.80. The Morgan fingerprint density at radius 1 is 1.45 bits per heavy atom. The van der Waals surface area contributed by atoms with Crippen LogP contribution in [0.4, 0.5) is 0 Å². The molecule has 0 atom stereocenters. The topological polar surface area (TPSA) is 63.0 Å². The van der Waals surface area contributed by atoms with Crippen molar-refractivity contribution in [2.24, 2.45) is 0 Å². The number of aliphatic hydroxyl groups is 1. The molecule has 0 saturated carbocycles. The Hall–Kier alpha value is -0.940. The van der Waals surface area contributed by atoms with Crippen LogP contribution in [0.2, 0.25) is 0 Å². The van der Waals surface area contributed by atoms with Crippen molar-refractivity contribution in [1.29, 1.82) is 0 Å². The van der Waals surface area contributed by atoms with E-state index in [1.807, 2.05) is 0 Å². The van der Waals surface area contributed by atoms with Gasteiger partial charge in [-0.25, -0.2) is 4.98 Å². The van der Waals surface area contributed by atoms with Gasteiger partial charge in [-0.2, -0.15) is 5.10 Å². The van der Waals surface area contributed by atoms with Crippen molar-refractivity contribution in [3.63, 3.8) is 0 Å². The molecule has 0 spiro atoms. The first-order chi connectivity index (χ1) is 5.43. The highest BCUT2D eigenvalue weighted by Gasteiger charge is 1.88. The van der Waals surface area contributed by atoms with Crippen molar-refractivity contribution >= 4 is 0 Å². The van der Waals surface area contributed by atoms with Gasteiger partial charge in [0.15, 0.2) is 0 Å². The van der Waals surface area contributed by atoms with Gasteiger partial charge in [-0.1, -0.05) is 0 Å². The van der Waals surface area contributed by atoms with E-state index >= 15 is 0 Å². The molecule has 1 aromatic rings. The van der Waals surface area contributed by atoms with E-state index in [1.165, 1.54) is 6.33 Å². The minimum Gasteiger partial charge on any atom is -0.395 e. The molecule has 0 unspecified atom stereocenters. The summed E-state index contributed by atoms with van der Waals surface area (Å²) in [6.07, 6.45) is 3.17. The van der Waals surface area contributed by atoms with Crippen LogP contribution in [0.15, 0.2) is 12.7 Å². The Morgan fingerprint density at radius 2 is 2.36 bits per heavy atom. The van der Waals surface area contributed by atoms with Gasteiger partial charge in [0.25, 0.3) is 0 Å². The van der Waals surface area contributed by atoms with Crippen LogP contribution in [-0.4, -0.2) is 39.6 Å². The largest absolute Gasteiger partial charge is 0.395 e. The summed E-state index contributed by atoms with van der Waals surface area (Å²) in [5.74, 6) is 0. The first-order valence-corrected chi connectivity index (χ1v) is 3.57. The smallest absolute Gasteiger partial charge is 0.137 e. The fourth-order valence-corrected chi connectivity index (χ4v) is 0.746. The summed E-state index contributed by atoms with van der Waals surface area (Å²) in [6, 6.07) is 0. The van der Waals surface area contributed by atoms with Crippen LogP contribution >= 0.6 is 0 Å². The van der Waals surface area contributed by atoms with Gasteiger partial charge in [0.1, 0.15) is 12.7 Å². The highest BCUT2D eigenvalue weighted by molar-refractivity contribution is 4.56. The molecular weight excluding hydrogens is 144 g/mol. The van der Waals surface area contributed by atoms with Crippen LogP contribution in [0, 0.1) is 0 Å². The number of rotatable bonds is 5. The average Bonchev–Trinajstić information content (AvgIpc) is 2.50. The molecular formula is C6H12N4O. The van der Waals surface area contributed by atoms with Gasteiger partial charge in [-0.05, 0) is 0 Å². The molecule has 2 N–H and O–H groups in total. The van der Waals surface area contributed by atoms with Crippen LogP contribution in [0.3, 0.4) is 0 Å². The zero-order valence-electron chi connectivity index (χ0n) is 6.27. The third-order valence-corrected chi connectivity index (χ3v) is 1.27. The number of nitrogens with zero attached hydrogens (tertiary/aromatic N) is 3. The van der Waals surface area contributed by atoms with Crippen molar-refractivity contribution < 1.29 is 5.11 Å². The minimum atomic E-state index is 0.178. The molecule has 62 valence electrons. The Balaban J connectivity index is 2.04. The standard InChI is InChI=1S/C6H12N4O/c11-4-2-7-1-3-10-6-8-5-9-10/h5-7,11H,1-4H2. The first-order valence-electron chi connectivity index (χ1n) is 3.57. The molecule has 5 nitrogen and oxygen atoms in total. The van der Waals surface area contributed by atoms with Crippen LogP contribution in [-0.2, 0) is 6.54 Å². The lowest BCUT2D eigenvalue weighted by molar-refractivity contribution is 0.291. The predicted octanol–water partition coefficient (Wildman–Crippen LogP) is -1.14. The Morgan fingerprint density at radius 3 is 3.00 bits per heavy atom. The maximum absolute atomic E-state index is 8.43. The number of hydrogen-bond donors (Lipinski definition) is 2. The normalized spacial score (nSPS) is 10.3. The molecule has 0 radical (unpaired) electrons. The van der Waals surface area contributed by atoms with Gasteiger partial charge in [0.05, 0.1) is 13.2 Å². The second-order valence-electron chi connectivity index (χ2n) is 2.13. The molecule has 0 aromatic carbocycles. The molecule has 0 saturated heterocycles. The first kappa shape index (κ1) is 8.16. The Labute approximate surface area is 65.1 Å². The number of nitrogens with one attached hydrogen (secondary N) is 1. The van der Waals surface area contributed by atoms with Gasteiger partial charge in [0, 0.05) is 13.1 Å². The summed E-state index contributed by atoms with van der Waals surface area (Å²) in [6.45, 7) is 2.41. The number of aliphatic hydroxyl groups excluding tert-OH is 1. The maximum atomic E-state index is 8.43. The molecule has 0 aliphatic carbocycles. The minimum absolute atomic E-state index is 0.178. The molecule has 0 aliphatic rings. The summed E-state index contributed by atoms with van der Waals surface area (Å²) in [5.41, 5.74) is 0. The van der Waals surface area contributed by atoms with E-state index in [0.29, 0.717) is 6.54 Å². The van der Waals surface area contributed by atoms with Gasteiger partial charge in [-0.15, -0.1) is 0 Å². The highest BCUT2D eigenvalue weighted by Crippen LogP contribution is 1.76. The SMILES string of the molecule is OCCNCCn1cncn1. The lowest BCUT2D eigenvalue weighted by atomic mass is 10.6. The van der Waals surface area contributed by atoms with Crippen molar-refractivity contribution in [3.05, 3.63) is 12.7 Å². The van der Waals surface area contributed by atoms with Crippen molar-refractivity contribution in [2.75, 3.05) is 19.7 Å². The zero-order valence-corrected chi connectivity index (χ0v) is 6.27. The van der Waals surface area contributed by atoms with E-state index < -0.39 is 0 Å². The van der Waals surface area contributed by atoms with Crippen LogP contribution in [0.25, 0.3) is 0 Å². The Bertz CT molecular complexity index is 175. The average molecular weight is 156 g/mol.